The monoisotopic (exact) mass is 381 g/mol. The van der Waals surface area contributed by atoms with Crippen molar-refractivity contribution < 1.29 is 4.92 Å². The zero-order valence-corrected chi connectivity index (χ0v) is 16.8. The maximum absolute atomic E-state index is 11.0. The summed E-state index contributed by atoms with van der Waals surface area (Å²) in [5.74, 6) is 0. The molecule has 0 atom stereocenters. The van der Waals surface area contributed by atoms with Gasteiger partial charge in [0.25, 0.3) is 5.69 Å². The Kier molecular flexibility index (Phi) is 5.28. The largest absolute Gasteiger partial charge is 0.332 e. The van der Waals surface area contributed by atoms with Crippen molar-refractivity contribution in [2.45, 2.75) is 39.5 Å². The fraction of sp³-hybridized carbons (Fsp3) is 0.286. The number of aromatic nitrogens is 1. The van der Waals surface area contributed by atoms with Gasteiger partial charge in [0.15, 0.2) is 5.13 Å². The minimum absolute atomic E-state index is 0.111. The van der Waals surface area contributed by atoms with Gasteiger partial charge in [-0.15, -0.1) is 11.3 Å². The van der Waals surface area contributed by atoms with Crippen molar-refractivity contribution in [1.29, 1.82) is 0 Å². The number of nitro benzene ring substituents is 1. The van der Waals surface area contributed by atoms with Gasteiger partial charge in [0.1, 0.15) is 0 Å². The van der Waals surface area contributed by atoms with E-state index in [1.165, 1.54) is 11.6 Å². The van der Waals surface area contributed by atoms with E-state index in [9.17, 15) is 10.1 Å². The molecular weight excluding hydrogens is 358 g/mol. The summed E-state index contributed by atoms with van der Waals surface area (Å²) in [4.78, 5) is 16.6. The van der Waals surface area contributed by atoms with Crippen LogP contribution >= 0.6 is 11.3 Å². The van der Waals surface area contributed by atoms with Crippen molar-refractivity contribution in [3.8, 4) is 0 Å². The highest BCUT2D eigenvalue weighted by Gasteiger charge is 2.24. The lowest BCUT2D eigenvalue weighted by atomic mass is 9.90. The lowest BCUT2D eigenvalue weighted by Crippen LogP contribution is -2.14. The Labute approximate surface area is 163 Å². The molecule has 140 valence electrons. The summed E-state index contributed by atoms with van der Waals surface area (Å²) in [6, 6.07) is 15.0. The van der Waals surface area contributed by atoms with E-state index in [2.05, 4.69) is 45.1 Å². The van der Waals surface area contributed by atoms with Crippen LogP contribution < -0.4 is 5.32 Å². The molecule has 0 saturated heterocycles. The molecule has 0 amide bonds. The van der Waals surface area contributed by atoms with Crippen LogP contribution in [0.15, 0.2) is 48.5 Å². The Morgan fingerprint density at radius 1 is 1.15 bits per heavy atom. The molecule has 0 fully saturated rings. The Hall–Kier alpha value is -2.73. The maximum Gasteiger partial charge on any atom is 0.269 e. The van der Waals surface area contributed by atoms with Gasteiger partial charge < -0.3 is 5.32 Å². The van der Waals surface area contributed by atoms with Crippen molar-refractivity contribution in [2.75, 3.05) is 5.32 Å². The molecule has 6 heteroatoms. The van der Waals surface area contributed by atoms with Crippen LogP contribution in [0.25, 0.3) is 0 Å². The van der Waals surface area contributed by atoms with Gasteiger partial charge in [-0.25, -0.2) is 4.98 Å². The van der Waals surface area contributed by atoms with Gasteiger partial charge in [-0.05, 0) is 24.6 Å². The average molecular weight is 382 g/mol. The van der Waals surface area contributed by atoms with Gasteiger partial charge >= 0.3 is 0 Å². The van der Waals surface area contributed by atoms with E-state index in [1.54, 1.807) is 23.5 Å². The molecule has 5 nitrogen and oxygen atoms in total. The van der Waals surface area contributed by atoms with E-state index in [0.717, 1.165) is 27.0 Å². The number of nitrogens with one attached hydrogen (secondary N) is 1. The number of nitrogens with zero attached hydrogens (tertiary/aromatic N) is 2. The first-order valence-electron chi connectivity index (χ1n) is 8.79. The Morgan fingerprint density at radius 2 is 1.85 bits per heavy atom. The number of hydrogen-bond acceptors (Lipinski definition) is 5. The Morgan fingerprint density at radius 3 is 2.48 bits per heavy atom. The molecule has 1 aromatic heterocycles. The molecule has 27 heavy (non-hydrogen) atoms. The maximum atomic E-state index is 11.0. The molecule has 1 N–H and O–H groups in total. The summed E-state index contributed by atoms with van der Waals surface area (Å²) < 4.78 is 0. The van der Waals surface area contributed by atoms with Crippen molar-refractivity contribution in [2.24, 2.45) is 0 Å². The Balaban J connectivity index is 1.91. The van der Waals surface area contributed by atoms with Gasteiger partial charge in [-0.3, -0.25) is 10.1 Å². The van der Waals surface area contributed by atoms with Gasteiger partial charge in [0.05, 0.1) is 10.6 Å². The molecule has 0 bridgehead atoms. The number of hydrogen-bond donors (Lipinski definition) is 1. The smallest absolute Gasteiger partial charge is 0.269 e. The van der Waals surface area contributed by atoms with Gasteiger partial charge in [0.2, 0.25) is 0 Å². The second kappa shape index (κ2) is 7.48. The highest BCUT2D eigenvalue weighted by molar-refractivity contribution is 7.15. The standard InChI is InChI=1S/C21H23N3O2S/c1-14-8-10-16(11-9-14)22-20-23-19(21(2,3)4)18(27-20)13-15-6-5-7-17(12-15)24(25)26/h5-12H,13H2,1-4H3,(H,22,23). The van der Waals surface area contributed by atoms with Crippen LogP contribution in [0.5, 0.6) is 0 Å². The lowest BCUT2D eigenvalue weighted by Gasteiger charge is -2.17. The van der Waals surface area contributed by atoms with Gasteiger partial charge in [-0.1, -0.05) is 50.6 Å². The molecular formula is C21H23N3O2S. The van der Waals surface area contributed by atoms with Crippen molar-refractivity contribution in [1.82, 2.24) is 4.98 Å². The molecule has 0 radical (unpaired) electrons. The molecule has 0 aliphatic rings. The first-order valence-corrected chi connectivity index (χ1v) is 9.61. The van der Waals surface area contributed by atoms with Gasteiger partial charge in [-0.2, -0.15) is 0 Å². The molecule has 1 heterocycles. The van der Waals surface area contributed by atoms with Crippen LogP contribution in [0.1, 0.15) is 42.5 Å². The number of aryl methyl sites for hydroxylation is 1. The zero-order chi connectivity index (χ0) is 19.6. The van der Waals surface area contributed by atoms with Crippen molar-refractivity contribution in [3.63, 3.8) is 0 Å². The second-order valence-corrected chi connectivity index (χ2v) is 8.72. The summed E-state index contributed by atoms with van der Waals surface area (Å²) in [6.45, 7) is 8.46. The number of non-ortho nitro benzene ring substituents is 1. The van der Waals surface area contributed by atoms with Crippen LogP contribution in [0.3, 0.4) is 0 Å². The van der Waals surface area contributed by atoms with Crippen LogP contribution in [0, 0.1) is 17.0 Å². The fourth-order valence-corrected chi connectivity index (χ4v) is 4.06. The fourth-order valence-electron chi connectivity index (χ4n) is 2.84. The van der Waals surface area contributed by atoms with E-state index in [1.807, 2.05) is 18.2 Å². The molecule has 3 aromatic rings. The minimum Gasteiger partial charge on any atom is -0.332 e. The first kappa shape index (κ1) is 19.0. The third-order valence-electron chi connectivity index (χ3n) is 4.20. The van der Waals surface area contributed by atoms with E-state index in [4.69, 9.17) is 4.98 Å². The highest BCUT2D eigenvalue weighted by atomic mass is 32.1. The minimum atomic E-state index is -0.356. The highest BCUT2D eigenvalue weighted by Crippen LogP contribution is 2.35. The molecule has 0 aliphatic heterocycles. The molecule has 0 aliphatic carbocycles. The summed E-state index contributed by atoms with van der Waals surface area (Å²) in [7, 11) is 0. The number of anilines is 2. The topological polar surface area (TPSA) is 68.1 Å². The normalized spacial score (nSPS) is 11.4. The van der Waals surface area contributed by atoms with E-state index in [-0.39, 0.29) is 16.0 Å². The van der Waals surface area contributed by atoms with Crippen LogP contribution in [-0.2, 0) is 11.8 Å². The quantitative estimate of drug-likeness (QED) is 0.435. The molecule has 0 spiro atoms. The predicted molar refractivity (Wildman–Crippen MR) is 111 cm³/mol. The molecule has 2 aromatic carbocycles. The van der Waals surface area contributed by atoms with E-state index in [0.29, 0.717) is 6.42 Å². The molecule has 3 rings (SSSR count). The number of benzene rings is 2. The molecule has 0 saturated carbocycles. The average Bonchev–Trinajstić information content (AvgIpc) is 3.00. The van der Waals surface area contributed by atoms with Crippen LogP contribution in [-0.4, -0.2) is 9.91 Å². The summed E-state index contributed by atoms with van der Waals surface area (Å²) in [5, 5.41) is 15.3. The summed E-state index contributed by atoms with van der Waals surface area (Å²) in [5.41, 5.74) is 4.15. The van der Waals surface area contributed by atoms with E-state index >= 15 is 0 Å². The van der Waals surface area contributed by atoms with Crippen molar-refractivity contribution >= 4 is 27.8 Å². The van der Waals surface area contributed by atoms with Crippen LogP contribution in [0.4, 0.5) is 16.5 Å². The third kappa shape index (κ3) is 4.71. The second-order valence-electron chi connectivity index (χ2n) is 7.64. The number of thiazole rings is 1. The number of rotatable bonds is 5. The van der Waals surface area contributed by atoms with Crippen molar-refractivity contribution in [3.05, 3.63) is 80.3 Å². The molecule has 0 unspecified atom stereocenters. The summed E-state index contributed by atoms with van der Waals surface area (Å²) in [6.07, 6.45) is 0.627. The summed E-state index contributed by atoms with van der Waals surface area (Å²) >= 11 is 1.60. The SMILES string of the molecule is Cc1ccc(Nc2nc(C(C)(C)C)c(Cc3cccc([N+](=O)[O-])c3)s2)cc1. The predicted octanol–water partition coefficient (Wildman–Crippen LogP) is 5.99. The lowest BCUT2D eigenvalue weighted by molar-refractivity contribution is -0.384. The first-order chi connectivity index (χ1) is 12.7. The van der Waals surface area contributed by atoms with Gasteiger partial charge in [0, 0.05) is 34.5 Å². The third-order valence-corrected chi connectivity index (χ3v) is 5.17. The number of nitro groups is 1. The van der Waals surface area contributed by atoms with Crippen LogP contribution in [0.2, 0.25) is 0 Å². The van der Waals surface area contributed by atoms with E-state index < -0.39 is 0 Å². The zero-order valence-electron chi connectivity index (χ0n) is 15.9. The Bertz CT molecular complexity index is 956.